The number of hydrogen-bond acceptors (Lipinski definition) is 4. The Balaban J connectivity index is 3.30. The van der Waals surface area contributed by atoms with Crippen LogP contribution in [0.1, 0.15) is 19.4 Å². The highest BCUT2D eigenvalue weighted by Crippen LogP contribution is 2.20. The van der Waals surface area contributed by atoms with Crippen molar-refractivity contribution in [3.63, 3.8) is 0 Å². The first kappa shape index (κ1) is 15.6. The molecule has 1 aromatic rings. The maximum atomic E-state index is 13.2. The summed E-state index contributed by atoms with van der Waals surface area (Å²) in [6.07, 6.45) is 0. The molecule has 0 fully saturated rings. The van der Waals surface area contributed by atoms with Crippen LogP contribution < -0.4 is 0 Å². The van der Waals surface area contributed by atoms with Crippen molar-refractivity contribution in [3.05, 3.63) is 29.6 Å². The van der Waals surface area contributed by atoms with Crippen LogP contribution in [0.2, 0.25) is 0 Å². The van der Waals surface area contributed by atoms with Crippen LogP contribution in [0.5, 0.6) is 0 Å². The predicted molar refractivity (Wildman–Crippen MR) is 67.2 cm³/mol. The Hall–Kier alpha value is -1.49. The third-order valence-corrected chi connectivity index (χ3v) is 4.63. The SMILES string of the molecule is CC(C)N(CCO)S(=O)(=O)c1ccc(F)c(C#N)c1. The van der Waals surface area contributed by atoms with Crippen LogP contribution in [0, 0.1) is 17.1 Å². The first-order chi connectivity index (χ1) is 8.84. The van der Waals surface area contributed by atoms with E-state index >= 15 is 0 Å². The number of nitriles is 1. The van der Waals surface area contributed by atoms with Crippen molar-refractivity contribution in [1.29, 1.82) is 5.26 Å². The summed E-state index contributed by atoms with van der Waals surface area (Å²) in [5.74, 6) is -0.764. The van der Waals surface area contributed by atoms with E-state index in [-0.39, 0.29) is 29.7 Å². The molecule has 0 radical (unpaired) electrons. The fourth-order valence-corrected chi connectivity index (χ4v) is 3.30. The van der Waals surface area contributed by atoms with E-state index in [9.17, 15) is 12.8 Å². The molecule has 5 nitrogen and oxygen atoms in total. The summed E-state index contributed by atoms with van der Waals surface area (Å²) < 4.78 is 38.9. The zero-order valence-corrected chi connectivity index (χ0v) is 11.5. The monoisotopic (exact) mass is 286 g/mol. The van der Waals surface area contributed by atoms with E-state index in [4.69, 9.17) is 10.4 Å². The summed E-state index contributed by atoms with van der Waals surface area (Å²) in [6.45, 7) is 2.97. The molecular weight excluding hydrogens is 271 g/mol. The van der Waals surface area contributed by atoms with Gasteiger partial charge in [-0.05, 0) is 32.0 Å². The van der Waals surface area contributed by atoms with Crippen molar-refractivity contribution < 1.29 is 17.9 Å². The largest absolute Gasteiger partial charge is 0.395 e. The van der Waals surface area contributed by atoms with Gasteiger partial charge < -0.3 is 5.11 Å². The lowest BCUT2D eigenvalue weighted by atomic mass is 10.2. The van der Waals surface area contributed by atoms with Gasteiger partial charge >= 0.3 is 0 Å². The number of aliphatic hydroxyl groups excluding tert-OH is 1. The summed E-state index contributed by atoms with van der Waals surface area (Å²) in [7, 11) is -3.86. The molecule has 0 spiro atoms. The van der Waals surface area contributed by atoms with Gasteiger partial charge in [-0.15, -0.1) is 0 Å². The number of nitrogens with zero attached hydrogens (tertiary/aromatic N) is 2. The Labute approximate surface area is 111 Å². The summed E-state index contributed by atoms with van der Waals surface area (Å²) in [4.78, 5) is -0.160. The van der Waals surface area contributed by atoms with Crippen LogP contribution in [0.25, 0.3) is 0 Å². The standard InChI is InChI=1S/C12H15FN2O3S/c1-9(2)15(5-6-16)19(17,18)11-3-4-12(13)10(7-11)8-14/h3-4,7,9,16H,5-6H2,1-2H3. The molecule has 1 aromatic carbocycles. The van der Waals surface area contributed by atoms with E-state index in [1.54, 1.807) is 19.9 Å². The van der Waals surface area contributed by atoms with E-state index in [1.165, 1.54) is 0 Å². The third-order valence-electron chi connectivity index (χ3n) is 2.56. The average Bonchev–Trinajstić information content (AvgIpc) is 2.35. The van der Waals surface area contributed by atoms with Gasteiger partial charge in [-0.2, -0.15) is 9.57 Å². The van der Waals surface area contributed by atoms with Crippen LogP contribution >= 0.6 is 0 Å². The fraction of sp³-hybridized carbons (Fsp3) is 0.417. The topological polar surface area (TPSA) is 81.4 Å². The van der Waals surface area contributed by atoms with Gasteiger partial charge in [0.1, 0.15) is 11.9 Å². The van der Waals surface area contributed by atoms with Crippen molar-refractivity contribution in [2.75, 3.05) is 13.2 Å². The van der Waals surface area contributed by atoms with Crippen LogP contribution in [0.15, 0.2) is 23.1 Å². The van der Waals surface area contributed by atoms with Crippen LogP contribution in [0.4, 0.5) is 4.39 Å². The smallest absolute Gasteiger partial charge is 0.243 e. The van der Waals surface area contributed by atoms with E-state index in [2.05, 4.69) is 0 Å². The van der Waals surface area contributed by atoms with E-state index < -0.39 is 15.8 Å². The van der Waals surface area contributed by atoms with Crippen LogP contribution in [-0.4, -0.2) is 37.0 Å². The third kappa shape index (κ3) is 3.29. The molecular formula is C12H15FN2O3S. The van der Waals surface area contributed by atoms with Gasteiger partial charge in [0, 0.05) is 12.6 Å². The molecule has 19 heavy (non-hydrogen) atoms. The van der Waals surface area contributed by atoms with Gasteiger partial charge in [-0.3, -0.25) is 0 Å². The first-order valence-electron chi connectivity index (χ1n) is 5.67. The maximum Gasteiger partial charge on any atom is 0.243 e. The molecule has 0 aromatic heterocycles. The second-order valence-corrected chi connectivity index (χ2v) is 6.08. The molecule has 0 atom stereocenters. The minimum absolute atomic E-state index is 0.0563. The van der Waals surface area contributed by atoms with Crippen molar-refractivity contribution in [1.82, 2.24) is 4.31 Å². The summed E-state index contributed by atoms with van der Waals surface area (Å²) >= 11 is 0. The minimum atomic E-state index is -3.86. The normalized spacial score (nSPS) is 11.8. The van der Waals surface area contributed by atoms with Crippen LogP contribution in [0.3, 0.4) is 0 Å². The van der Waals surface area contributed by atoms with Crippen molar-refractivity contribution in [2.45, 2.75) is 24.8 Å². The minimum Gasteiger partial charge on any atom is -0.395 e. The number of rotatable bonds is 5. The first-order valence-corrected chi connectivity index (χ1v) is 7.11. The Morgan fingerprint density at radius 1 is 1.47 bits per heavy atom. The van der Waals surface area contributed by atoms with E-state index in [0.29, 0.717) is 0 Å². The summed E-state index contributed by atoms with van der Waals surface area (Å²) in [6, 6.07) is 4.30. The van der Waals surface area contributed by atoms with Gasteiger partial charge in [0.25, 0.3) is 0 Å². The molecule has 0 saturated heterocycles. The van der Waals surface area contributed by atoms with Crippen molar-refractivity contribution in [2.24, 2.45) is 0 Å². The molecule has 0 heterocycles. The quantitative estimate of drug-likeness (QED) is 0.878. The zero-order valence-electron chi connectivity index (χ0n) is 10.7. The molecule has 0 amide bonds. The number of halogens is 1. The molecule has 0 saturated carbocycles. The molecule has 7 heteroatoms. The number of hydrogen-bond donors (Lipinski definition) is 1. The van der Waals surface area contributed by atoms with Gasteiger partial charge in [0.05, 0.1) is 17.1 Å². The predicted octanol–water partition coefficient (Wildman–Crippen LogP) is 1.09. The lowest BCUT2D eigenvalue weighted by Gasteiger charge is -2.25. The molecule has 0 aliphatic rings. The van der Waals surface area contributed by atoms with Gasteiger partial charge in [0.2, 0.25) is 10.0 Å². The molecule has 0 aliphatic carbocycles. The molecule has 1 N–H and O–H groups in total. The van der Waals surface area contributed by atoms with Gasteiger partial charge in [0.15, 0.2) is 0 Å². The van der Waals surface area contributed by atoms with Gasteiger partial charge in [-0.1, -0.05) is 0 Å². The number of sulfonamides is 1. The van der Waals surface area contributed by atoms with Crippen molar-refractivity contribution in [3.8, 4) is 6.07 Å². The second-order valence-electron chi connectivity index (χ2n) is 4.19. The van der Waals surface area contributed by atoms with E-state index in [0.717, 1.165) is 22.5 Å². The highest BCUT2D eigenvalue weighted by Gasteiger charge is 2.27. The Kier molecular flexibility index (Phi) is 5.00. The molecule has 1 rings (SSSR count). The lowest BCUT2D eigenvalue weighted by Crippen LogP contribution is -2.39. The second kappa shape index (κ2) is 6.10. The summed E-state index contributed by atoms with van der Waals surface area (Å²) in [5.41, 5.74) is -0.325. The average molecular weight is 286 g/mol. The Bertz CT molecular complexity index is 593. The highest BCUT2D eigenvalue weighted by molar-refractivity contribution is 7.89. The van der Waals surface area contributed by atoms with Gasteiger partial charge in [-0.25, -0.2) is 12.8 Å². The molecule has 104 valence electrons. The van der Waals surface area contributed by atoms with Crippen molar-refractivity contribution >= 4 is 10.0 Å². The number of benzene rings is 1. The molecule has 0 bridgehead atoms. The highest BCUT2D eigenvalue weighted by atomic mass is 32.2. The lowest BCUT2D eigenvalue weighted by molar-refractivity contribution is 0.236. The fourth-order valence-electron chi connectivity index (χ4n) is 1.64. The maximum absolute atomic E-state index is 13.2. The Morgan fingerprint density at radius 3 is 2.58 bits per heavy atom. The molecule has 0 aliphatic heterocycles. The molecule has 0 unspecified atom stereocenters. The Morgan fingerprint density at radius 2 is 2.11 bits per heavy atom. The van der Waals surface area contributed by atoms with Crippen LogP contribution in [-0.2, 0) is 10.0 Å². The zero-order chi connectivity index (χ0) is 14.6. The number of aliphatic hydroxyl groups is 1. The summed E-state index contributed by atoms with van der Waals surface area (Å²) in [5, 5.41) is 17.6. The van der Waals surface area contributed by atoms with E-state index in [1.807, 2.05) is 0 Å².